The van der Waals surface area contributed by atoms with Crippen molar-refractivity contribution in [3.63, 3.8) is 0 Å². The van der Waals surface area contributed by atoms with Crippen molar-refractivity contribution < 1.29 is 17.9 Å². The molecule has 0 aliphatic carbocycles. The normalized spacial score (nSPS) is 16.8. The van der Waals surface area contributed by atoms with Crippen LogP contribution in [0.3, 0.4) is 0 Å². The highest BCUT2D eigenvalue weighted by Gasteiger charge is 2.20. The molecule has 1 saturated heterocycles. The highest BCUT2D eigenvalue weighted by molar-refractivity contribution is 7.90. The second kappa shape index (κ2) is 8.31. The summed E-state index contributed by atoms with van der Waals surface area (Å²) < 4.78 is 27.7. The van der Waals surface area contributed by atoms with Gasteiger partial charge in [0.05, 0.1) is 5.75 Å². The number of rotatable bonds is 5. The van der Waals surface area contributed by atoms with Crippen LogP contribution in [-0.4, -0.2) is 69.0 Å². The topological polar surface area (TPSA) is 66.9 Å². The summed E-state index contributed by atoms with van der Waals surface area (Å²) in [4.78, 5) is 16.1. The summed E-state index contributed by atoms with van der Waals surface area (Å²) in [5.41, 5.74) is 0. The molecule has 0 bridgehead atoms. The number of hydrogen-bond donors (Lipinski definition) is 0. The molecular formula is C16H24N2O4S. The van der Waals surface area contributed by atoms with E-state index in [2.05, 4.69) is 4.90 Å². The van der Waals surface area contributed by atoms with Crippen LogP contribution in [0.25, 0.3) is 0 Å². The summed E-state index contributed by atoms with van der Waals surface area (Å²) >= 11 is 0. The van der Waals surface area contributed by atoms with E-state index in [1.165, 1.54) is 6.26 Å². The summed E-state index contributed by atoms with van der Waals surface area (Å²) in [5, 5.41) is 0. The first-order chi connectivity index (χ1) is 10.9. The molecule has 0 spiro atoms. The van der Waals surface area contributed by atoms with E-state index in [0.717, 1.165) is 26.1 Å². The lowest BCUT2D eigenvalue weighted by Crippen LogP contribution is -2.37. The van der Waals surface area contributed by atoms with Crippen molar-refractivity contribution in [1.29, 1.82) is 0 Å². The molecule has 0 radical (unpaired) electrons. The van der Waals surface area contributed by atoms with Crippen LogP contribution in [0.5, 0.6) is 5.75 Å². The van der Waals surface area contributed by atoms with Crippen LogP contribution in [0.1, 0.15) is 12.8 Å². The Labute approximate surface area is 137 Å². The second-order valence-corrected chi connectivity index (χ2v) is 8.11. The highest BCUT2D eigenvalue weighted by atomic mass is 32.2. The Morgan fingerprint density at radius 3 is 2.57 bits per heavy atom. The standard InChI is InChI=1S/C16H24N2O4S/c1-23(20,21)14-6-10-17-9-5-11-18(13-12-17)16(19)22-15-7-3-2-4-8-15/h2-4,7-8H,5-6,9-14H2,1H3. The van der Waals surface area contributed by atoms with Gasteiger partial charge in [-0.1, -0.05) is 18.2 Å². The van der Waals surface area contributed by atoms with E-state index in [4.69, 9.17) is 4.74 Å². The maximum Gasteiger partial charge on any atom is 0.415 e. The number of benzene rings is 1. The largest absolute Gasteiger partial charge is 0.415 e. The van der Waals surface area contributed by atoms with E-state index in [1.807, 2.05) is 18.2 Å². The predicted octanol–water partition coefficient (Wildman–Crippen LogP) is 1.63. The minimum atomic E-state index is -2.90. The first kappa shape index (κ1) is 17.7. The van der Waals surface area contributed by atoms with E-state index in [1.54, 1.807) is 17.0 Å². The molecular weight excluding hydrogens is 316 g/mol. The molecule has 0 saturated carbocycles. The average Bonchev–Trinajstić information content (AvgIpc) is 2.73. The van der Waals surface area contributed by atoms with Crippen LogP contribution in [0, 0.1) is 0 Å². The Balaban J connectivity index is 1.78. The van der Waals surface area contributed by atoms with E-state index < -0.39 is 9.84 Å². The summed E-state index contributed by atoms with van der Waals surface area (Å²) in [7, 11) is -2.90. The quantitative estimate of drug-likeness (QED) is 0.815. The van der Waals surface area contributed by atoms with Gasteiger partial charge < -0.3 is 14.5 Å². The Bertz CT molecular complexity index is 604. The molecule has 0 aromatic heterocycles. The molecule has 7 heteroatoms. The predicted molar refractivity (Wildman–Crippen MR) is 89.4 cm³/mol. The number of para-hydroxylation sites is 1. The van der Waals surface area contributed by atoms with Crippen molar-refractivity contribution in [1.82, 2.24) is 9.80 Å². The number of hydrogen-bond acceptors (Lipinski definition) is 5. The lowest BCUT2D eigenvalue weighted by Gasteiger charge is -2.21. The number of sulfone groups is 1. The maximum atomic E-state index is 12.2. The van der Waals surface area contributed by atoms with Gasteiger partial charge in [-0.3, -0.25) is 0 Å². The van der Waals surface area contributed by atoms with Crippen LogP contribution >= 0.6 is 0 Å². The summed E-state index contributed by atoms with van der Waals surface area (Å²) in [6.07, 6.45) is 2.43. The number of carbonyl (C=O) groups excluding carboxylic acids is 1. The fourth-order valence-electron chi connectivity index (χ4n) is 2.58. The third-order valence-corrected chi connectivity index (χ3v) is 4.81. The maximum absolute atomic E-state index is 12.2. The van der Waals surface area contributed by atoms with Crippen molar-refractivity contribution >= 4 is 15.9 Å². The summed E-state index contributed by atoms with van der Waals surface area (Å²) in [6.45, 7) is 3.62. The molecule has 0 unspecified atom stereocenters. The molecule has 6 nitrogen and oxygen atoms in total. The monoisotopic (exact) mass is 340 g/mol. The van der Waals surface area contributed by atoms with Gasteiger partial charge in [0.1, 0.15) is 15.6 Å². The molecule has 1 heterocycles. The van der Waals surface area contributed by atoms with Gasteiger partial charge in [-0.25, -0.2) is 13.2 Å². The van der Waals surface area contributed by atoms with Crippen molar-refractivity contribution in [3.8, 4) is 5.75 Å². The second-order valence-electron chi connectivity index (χ2n) is 5.85. The van der Waals surface area contributed by atoms with Crippen LogP contribution < -0.4 is 4.74 Å². The Kier molecular flexibility index (Phi) is 6.41. The Hall–Kier alpha value is -1.60. The molecule has 128 valence electrons. The van der Waals surface area contributed by atoms with E-state index >= 15 is 0 Å². The zero-order valence-corrected chi connectivity index (χ0v) is 14.3. The molecule has 0 atom stereocenters. The number of amides is 1. The van der Waals surface area contributed by atoms with Crippen LogP contribution in [0.4, 0.5) is 4.79 Å². The zero-order chi connectivity index (χ0) is 16.7. The first-order valence-corrected chi connectivity index (χ1v) is 9.92. The Morgan fingerprint density at radius 2 is 1.87 bits per heavy atom. The van der Waals surface area contributed by atoms with Crippen LogP contribution in [0.15, 0.2) is 30.3 Å². The smallest absolute Gasteiger partial charge is 0.410 e. The minimum Gasteiger partial charge on any atom is -0.410 e. The number of nitrogens with zero attached hydrogens (tertiary/aromatic N) is 2. The van der Waals surface area contributed by atoms with E-state index in [9.17, 15) is 13.2 Å². The lowest BCUT2D eigenvalue weighted by molar-refractivity contribution is 0.153. The number of carbonyl (C=O) groups is 1. The van der Waals surface area contributed by atoms with Crippen molar-refractivity contribution in [2.75, 3.05) is 44.7 Å². The molecule has 1 aromatic rings. The number of ether oxygens (including phenoxy) is 1. The highest BCUT2D eigenvalue weighted by Crippen LogP contribution is 2.12. The lowest BCUT2D eigenvalue weighted by atomic mass is 10.3. The molecule has 1 aliphatic heterocycles. The van der Waals surface area contributed by atoms with Gasteiger partial charge in [0.2, 0.25) is 0 Å². The van der Waals surface area contributed by atoms with E-state index in [-0.39, 0.29) is 11.8 Å². The van der Waals surface area contributed by atoms with Crippen molar-refractivity contribution in [2.24, 2.45) is 0 Å². The first-order valence-electron chi connectivity index (χ1n) is 7.86. The average molecular weight is 340 g/mol. The van der Waals surface area contributed by atoms with Gasteiger partial charge in [-0.2, -0.15) is 0 Å². The van der Waals surface area contributed by atoms with Gasteiger partial charge >= 0.3 is 6.09 Å². The van der Waals surface area contributed by atoms with E-state index in [0.29, 0.717) is 25.3 Å². The Morgan fingerprint density at radius 1 is 1.13 bits per heavy atom. The SMILES string of the molecule is CS(=O)(=O)CCCN1CCCN(C(=O)Oc2ccccc2)CC1. The molecule has 2 rings (SSSR count). The van der Waals surface area contributed by atoms with Crippen molar-refractivity contribution in [3.05, 3.63) is 30.3 Å². The van der Waals surface area contributed by atoms with Gasteiger partial charge in [-0.15, -0.1) is 0 Å². The molecule has 0 N–H and O–H groups in total. The summed E-state index contributed by atoms with van der Waals surface area (Å²) in [5.74, 6) is 0.759. The fourth-order valence-corrected chi connectivity index (χ4v) is 3.23. The third kappa shape index (κ3) is 6.58. The molecule has 1 fully saturated rings. The third-order valence-electron chi connectivity index (χ3n) is 3.78. The van der Waals surface area contributed by atoms with Gasteiger partial charge in [0.15, 0.2) is 0 Å². The summed E-state index contributed by atoms with van der Waals surface area (Å²) in [6, 6.07) is 9.04. The fraction of sp³-hybridized carbons (Fsp3) is 0.562. The van der Waals surface area contributed by atoms with Crippen LogP contribution in [-0.2, 0) is 9.84 Å². The van der Waals surface area contributed by atoms with Gasteiger partial charge in [-0.05, 0) is 38.1 Å². The van der Waals surface area contributed by atoms with Crippen molar-refractivity contribution in [2.45, 2.75) is 12.8 Å². The van der Waals surface area contributed by atoms with Gasteiger partial charge in [0, 0.05) is 25.9 Å². The van der Waals surface area contributed by atoms with Gasteiger partial charge in [0.25, 0.3) is 0 Å². The molecule has 1 aliphatic rings. The minimum absolute atomic E-state index is 0.212. The molecule has 1 amide bonds. The van der Waals surface area contributed by atoms with Crippen LogP contribution in [0.2, 0.25) is 0 Å². The molecule has 23 heavy (non-hydrogen) atoms. The molecule has 1 aromatic carbocycles. The zero-order valence-electron chi connectivity index (χ0n) is 13.5.